The normalized spacial score (nSPS) is 13.4. The van der Waals surface area contributed by atoms with Crippen molar-refractivity contribution < 1.29 is 0 Å². The van der Waals surface area contributed by atoms with Crippen LogP contribution in [-0.4, -0.2) is 6.04 Å². The Morgan fingerprint density at radius 1 is 1.44 bits per heavy atom. The van der Waals surface area contributed by atoms with E-state index in [0.717, 1.165) is 13.0 Å². The molecule has 0 aliphatic rings. The molecule has 0 amide bonds. The van der Waals surface area contributed by atoms with Crippen LogP contribution in [0.25, 0.3) is 0 Å². The van der Waals surface area contributed by atoms with Gasteiger partial charge in [0.25, 0.3) is 0 Å². The molecular formula is C14H21NS. The molecule has 1 nitrogen and oxygen atoms in total. The van der Waals surface area contributed by atoms with Crippen molar-refractivity contribution >= 4 is 11.3 Å². The number of hydrogen-bond donors (Lipinski definition) is 1. The number of terminal acetylenes is 1. The Kier molecular flexibility index (Phi) is 4.58. The molecule has 1 aromatic heterocycles. The smallest absolute Gasteiger partial charge is 0.0302 e. The van der Waals surface area contributed by atoms with Gasteiger partial charge in [-0.15, -0.1) is 23.7 Å². The summed E-state index contributed by atoms with van der Waals surface area (Å²) in [5, 5.41) is 3.43. The fraction of sp³-hybridized carbons (Fsp3) is 0.571. The first-order valence-electron chi connectivity index (χ1n) is 5.69. The van der Waals surface area contributed by atoms with Gasteiger partial charge in [-0.2, -0.15) is 0 Å². The van der Waals surface area contributed by atoms with Crippen molar-refractivity contribution in [1.29, 1.82) is 0 Å². The van der Waals surface area contributed by atoms with Crippen LogP contribution in [-0.2, 0) is 12.0 Å². The summed E-state index contributed by atoms with van der Waals surface area (Å²) in [6.45, 7) is 9.78. The maximum Gasteiger partial charge on any atom is 0.0302 e. The van der Waals surface area contributed by atoms with E-state index in [1.165, 1.54) is 9.75 Å². The summed E-state index contributed by atoms with van der Waals surface area (Å²) >= 11 is 1.89. The van der Waals surface area contributed by atoms with E-state index in [2.05, 4.69) is 51.1 Å². The molecule has 0 fully saturated rings. The van der Waals surface area contributed by atoms with Gasteiger partial charge < -0.3 is 5.32 Å². The molecule has 1 N–H and O–H groups in total. The maximum atomic E-state index is 5.27. The van der Waals surface area contributed by atoms with Crippen LogP contribution in [0.2, 0.25) is 0 Å². The molecule has 0 spiro atoms. The second kappa shape index (κ2) is 5.52. The minimum atomic E-state index is 0.257. The van der Waals surface area contributed by atoms with Crippen molar-refractivity contribution in [3.63, 3.8) is 0 Å². The fourth-order valence-electron chi connectivity index (χ4n) is 1.40. The van der Waals surface area contributed by atoms with Gasteiger partial charge in [-0.25, -0.2) is 0 Å². The van der Waals surface area contributed by atoms with Crippen LogP contribution in [0.3, 0.4) is 0 Å². The molecule has 0 aliphatic carbocycles. The summed E-state index contributed by atoms with van der Waals surface area (Å²) in [4.78, 5) is 2.82. The summed E-state index contributed by atoms with van der Waals surface area (Å²) in [6.07, 6.45) is 6.06. The largest absolute Gasteiger partial charge is 0.308 e. The first-order valence-corrected chi connectivity index (χ1v) is 6.51. The molecule has 2 heteroatoms. The molecule has 1 aromatic rings. The fourth-order valence-corrected chi connectivity index (χ4v) is 2.42. The molecule has 1 rings (SSSR count). The van der Waals surface area contributed by atoms with Gasteiger partial charge in [0.15, 0.2) is 0 Å². The molecule has 1 heterocycles. The molecule has 0 aliphatic heterocycles. The molecule has 0 bridgehead atoms. The van der Waals surface area contributed by atoms with Crippen LogP contribution < -0.4 is 5.32 Å². The third-order valence-electron chi connectivity index (χ3n) is 2.45. The summed E-state index contributed by atoms with van der Waals surface area (Å²) < 4.78 is 0. The van der Waals surface area contributed by atoms with Gasteiger partial charge in [0, 0.05) is 28.8 Å². The zero-order chi connectivity index (χ0) is 12.2. The zero-order valence-corrected chi connectivity index (χ0v) is 11.4. The molecule has 1 atom stereocenters. The number of rotatable bonds is 4. The van der Waals surface area contributed by atoms with Crippen molar-refractivity contribution in [2.45, 2.75) is 52.1 Å². The molecule has 0 aromatic carbocycles. The number of hydrogen-bond acceptors (Lipinski definition) is 2. The summed E-state index contributed by atoms with van der Waals surface area (Å²) in [5.41, 5.74) is 0.257. The predicted octanol–water partition coefficient (Wildman–Crippen LogP) is 3.55. The van der Waals surface area contributed by atoms with Crippen molar-refractivity contribution in [3.05, 3.63) is 21.9 Å². The lowest BCUT2D eigenvalue weighted by molar-refractivity contribution is 0.563. The standard InChI is InChI=1S/C14H21NS/c1-6-7-11(2)15-10-12-8-9-13(16-12)14(3,4)5/h1,8-9,11,15H,7,10H2,2-5H3. The van der Waals surface area contributed by atoms with Gasteiger partial charge >= 0.3 is 0 Å². The van der Waals surface area contributed by atoms with E-state index in [1.54, 1.807) is 0 Å². The second-order valence-corrected chi connectivity index (χ2v) is 6.37. The third-order valence-corrected chi connectivity index (χ3v) is 3.96. The highest BCUT2D eigenvalue weighted by Crippen LogP contribution is 2.29. The number of thiophene rings is 1. The van der Waals surface area contributed by atoms with Gasteiger partial charge in [0.2, 0.25) is 0 Å². The average Bonchev–Trinajstić information content (AvgIpc) is 2.63. The van der Waals surface area contributed by atoms with E-state index in [0.29, 0.717) is 6.04 Å². The van der Waals surface area contributed by atoms with Crippen LogP contribution in [0.15, 0.2) is 12.1 Å². The Balaban J connectivity index is 2.51. The lowest BCUT2D eigenvalue weighted by Crippen LogP contribution is -2.24. The van der Waals surface area contributed by atoms with E-state index in [-0.39, 0.29) is 5.41 Å². The predicted molar refractivity (Wildman–Crippen MR) is 72.8 cm³/mol. The molecule has 1 unspecified atom stereocenters. The van der Waals surface area contributed by atoms with Crippen LogP contribution in [0.5, 0.6) is 0 Å². The second-order valence-electron chi connectivity index (χ2n) is 5.21. The quantitative estimate of drug-likeness (QED) is 0.787. The first kappa shape index (κ1) is 13.3. The average molecular weight is 235 g/mol. The topological polar surface area (TPSA) is 12.0 Å². The monoisotopic (exact) mass is 235 g/mol. The van der Waals surface area contributed by atoms with Crippen LogP contribution in [0.1, 0.15) is 43.9 Å². The van der Waals surface area contributed by atoms with Crippen molar-refractivity contribution in [2.75, 3.05) is 0 Å². The molecule has 16 heavy (non-hydrogen) atoms. The highest BCUT2D eigenvalue weighted by molar-refractivity contribution is 7.12. The van der Waals surface area contributed by atoms with Gasteiger partial charge in [-0.3, -0.25) is 0 Å². The van der Waals surface area contributed by atoms with Crippen molar-refractivity contribution in [3.8, 4) is 12.3 Å². The molecule has 88 valence electrons. The van der Waals surface area contributed by atoms with Gasteiger partial charge in [-0.05, 0) is 24.5 Å². The minimum absolute atomic E-state index is 0.257. The Bertz CT molecular complexity index is 365. The Morgan fingerprint density at radius 3 is 2.62 bits per heavy atom. The number of nitrogens with one attached hydrogen (secondary N) is 1. The Labute approximate surface area is 103 Å². The minimum Gasteiger partial charge on any atom is -0.308 e. The first-order chi connectivity index (χ1) is 7.43. The highest BCUT2D eigenvalue weighted by atomic mass is 32.1. The van der Waals surface area contributed by atoms with E-state index >= 15 is 0 Å². The highest BCUT2D eigenvalue weighted by Gasteiger charge is 2.15. The SMILES string of the molecule is C#CCC(C)NCc1ccc(C(C)(C)C)s1. The molecule has 0 saturated carbocycles. The van der Waals surface area contributed by atoms with E-state index in [1.807, 2.05) is 11.3 Å². The van der Waals surface area contributed by atoms with Crippen molar-refractivity contribution in [2.24, 2.45) is 0 Å². The molecule has 0 radical (unpaired) electrons. The zero-order valence-electron chi connectivity index (χ0n) is 10.6. The lowest BCUT2D eigenvalue weighted by Gasteiger charge is -2.15. The van der Waals surface area contributed by atoms with Crippen LogP contribution >= 0.6 is 11.3 Å². The summed E-state index contributed by atoms with van der Waals surface area (Å²) in [7, 11) is 0. The van der Waals surface area contributed by atoms with Gasteiger partial charge in [0.1, 0.15) is 0 Å². The Hall–Kier alpha value is -0.780. The summed E-state index contributed by atoms with van der Waals surface area (Å²) in [5.74, 6) is 2.67. The maximum absolute atomic E-state index is 5.27. The van der Waals surface area contributed by atoms with Crippen LogP contribution in [0, 0.1) is 12.3 Å². The van der Waals surface area contributed by atoms with Gasteiger partial charge in [-0.1, -0.05) is 20.8 Å². The van der Waals surface area contributed by atoms with E-state index < -0.39 is 0 Å². The van der Waals surface area contributed by atoms with E-state index in [4.69, 9.17) is 6.42 Å². The molecule has 0 saturated heterocycles. The van der Waals surface area contributed by atoms with Gasteiger partial charge in [0.05, 0.1) is 0 Å². The van der Waals surface area contributed by atoms with Crippen molar-refractivity contribution in [1.82, 2.24) is 5.32 Å². The van der Waals surface area contributed by atoms with E-state index in [9.17, 15) is 0 Å². The molecular weight excluding hydrogens is 214 g/mol. The van der Waals surface area contributed by atoms with Crippen LogP contribution in [0.4, 0.5) is 0 Å². The summed E-state index contributed by atoms with van der Waals surface area (Å²) in [6, 6.07) is 4.83. The Morgan fingerprint density at radius 2 is 2.12 bits per heavy atom. The third kappa shape index (κ3) is 4.00. The lowest BCUT2D eigenvalue weighted by atomic mass is 9.95.